The summed E-state index contributed by atoms with van der Waals surface area (Å²) in [6.45, 7) is 0.806. The summed E-state index contributed by atoms with van der Waals surface area (Å²) in [4.78, 5) is 10.6. The topological polar surface area (TPSA) is 26.3 Å². The molecule has 0 N–H and O–H groups in total. The minimum atomic E-state index is -5.66. The molecule has 0 aliphatic heterocycles. The lowest BCUT2D eigenvalue weighted by atomic mass is 9.95. The van der Waals surface area contributed by atoms with E-state index in [-0.39, 0.29) is 13.3 Å². The largest absolute Gasteiger partial charge is 0.466 e. The molecule has 18 heavy (non-hydrogen) atoms. The lowest BCUT2D eigenvalue weighted by Gasteiger charge is -2.31. The van der Waals surface area contributed by atoms with Crippen LogP contribution >= 0.6 is 0 Å². The van der Waals surface area contributed by atoms with Crippen molar-refractivity contribution in [3.63, 3.8) is 0 Å². The molecule has 0 aromatic carbocycles. The van der Waals surface area contributed by atoms with Gasteiger partial charge in [-0.3, -0.25) is 4.79 Å². The summed E-state index contributed by atoms with van der Waals surface area (Å²) in [5, 5.41) is 0. The summed E-state index contributed by atoms with van der Waals surface area (Å²) in [5.41, 5.74) is -4.60. The Morgan fingerprint density at radius 1 is 1.11 bits per heavy atom. The van der Waals surface area contributed by atoms with Crippen LogP contribution in [-0.4, -0.2) is 30.3 Å². The predicted octanol–water partition coefficient (Wildman–Crippen LogP) is 3.65. The molecule has 0 rings (SSSR count). The fourth-order valence-electron chi connectivity index (χ4n) is 1.02. The fraction of sp³-hybridized carbons (Fsp3) is 0.900. The Bertz CT molecular complexity index is 285. The standard InChI is InChI=1S/C10H14F6O2/c1-3-7(17)18-6-4-5-9(12,13)8(2,11)10(14,15)16/h3-6H2,1-2H3. The minimum Gasteiger partial charge on any atom is -0.466 e. The number of hydrogen-bond donors (Lipinski definition) is 0. The molecule has 2 nitrogen and oxygen atoms in total. The third kappa shape index (κ3) is 4.06. The summed E-state index contributed by atoms with van der Waals surface area (Å²) in [6, 6.07) is 0. The molecule has 0 bridgehead atoms. The third-order valence-corrected chi connectivity index (χ3v) is 2.41. The lowest BCUT2D eigenvalue weighted by Crippen LogP contribution is -2.53. The first-order valence-corrected chi connectivity index (χ1v) is 5.25. The van der Waals surface area contributed by atoms with Gasteiger partial charge < -0.3 is 4.74 Å². The number of ether oxygens (including phenoxy) is 1. The van der Waals surface area contributed by atoms with Crippen LogP contribution in [0.5, 0.6) is 0 Å². The second-order valence-corrected chi connectivity index (χ2v) is 3.88. The Morgan fingerprint density at radius 3 is 2.00 bits per heavy atom. The second kappa shape index (κ2) is 5.79. The van der Waals surface area contributed by atoms with Crippen LogP contribution in [0.4, 0.5) is 26.3 Å². The molecule has 0 saturated heterocycles. The van der Waals surface area contributed by atoms with E-state index in [9.17, 15) is 31.1 Å². The first kappa shape index (κ1) is 17.1. The molecule has 0 aliphatic carbocycles. The summed E-state index contributed by atoms with van der Waals surface area (Å²) in [5.74, 6) is -5.22. The molecule has 0 amide bonds. The van der Waals surface area contributed by atoms with Gasteiger partial charge in [-0.15, -0.1) is 0 Å². The SMILES string of the molecule is CCC(=O)OCCCC(F)(F)C(C)(F)C(F)(F)F. The van der Waals surface area contributed by atoms with Gasteiger partial charge in [0.15, 0.2) is 0 Å². The second-order valence-electron chi connectivity index (χ2n) is 3.88. The van der Waals surface area contributed by atoms with E-state index < -0.39 is 43.2 Å². The van der Waals surface area contributed by atoms with Crippen LogP contribution < -0.4 is 0 Å². The van der Waals surface area contributed by atoms with E-state index in [1.165, 1.54) is 6.92 Å². The smallest absolute Gasteiger partial charge is 0.428 e. The van der Waals surface area contributed by atoms with Crippen LogP contribution in [0.3, 0.4) is 0 Å². The number of halogens is 6. The van der Waals surface area contributed by atoms with Gasteiger partial charge in [-0.1, -0.05) is 6.92 Å². The van der Waals surface area contributed by atoms with E-state index in [0.29, 0.717) is 0 Å². The van der Waals surface area contributed by atoms with Crippen LogP contribution in [0.25, 0.3) is 0 Å². The molecule has 0 fully saturated rings. The molecule has 0 saturated carbocycles. The van der Waals surface area contributed by atoms with Gasteiger partial charge in [0.25, 0.3) is 11.6 Å². The zero-order valence-electron chi connectivity index (χ0n) is 9.91. The van der Waals surface area contributed by atoms with Gasteiger partial charge >= 0.3 is 12.1 Å². The first-order chi connectivity index (χ1) is 7.95. The molecule has 108 valence electrons. The monoisotopic (exact) mass is 280 g/mol. The zero-order valence-corrected chi connectivity index (χ0v) is 9.91. The van der Waals surface area contributed by atoms with Crippen molar-refractivity contribution in [1.82, 2.24) is 0 Å². The van der Waals surface area contributed by atoms with Crippen molar-refractivity contribution in [2.45, 2.75) is 50.9 Å². The Kier molecular flexibility index (Phi) is 5.49. The number of rotatable bonds is 6. The van der Waals surface area contributed by atoms with E-state index >= 15 is 0 Å². The molecule has 0 aliphatic rings. The van der Waals surface area contributed by atoms with Crippen molar-refractivity contribution in [2.75, 3.05) is 6.61 Å². The molecule has 0 aromatic heterocycles. The van der Waals surface area contributed by atoms with E-state index in [1.807, 2.05) is 0 Å². The molecular weight excluding hydrogens is 266 g/mol. The Balaban J connectivity index is 4.36. The first-order valence-electron chi connectivity index (χ1n) is 5.25. The summed E-state index contributed by atoms with van der Waals surface area (Å²) in [7, 11) is 0. The van der Waals surface area contributed by atoms with Crippen molar-refractivity contribution in [3.8, 4) is 0 Å². The number of alkyl halides is 6. The summed E-state index contributed by atoms with van der Waals surface area (Å²) >= 11 is 0. The summed E-state index contributed by atoms with van der Waals surface area (Å²) in [6.07, 6.45) is -7.53. The maximum atomic E-state index is 13.1. The molecule has 0 heterocycles. The Labute approximate surface area is 100 Å². The van der Waals surface area contributed by atoms with Gasteiger partial charge in [0.1, 0.15) is 0 Å². The van der Waals surface area contributed by atoms with Crippen molar-refractivity contribution in [2.24, 2.45) is 0 Å². The average molecular weight is 280 g/mol. The lowest BCUT2D eigenvalue weighted by molar-refractivity contribution is -0.296. The van der Waals surface area contributed by atoms with Crippen LogP contribution in [-0.2, 0) is 9.53 Å². The molecular formula is C10H14F6O2. The van der Waals surface area contributed by atoms with Crippen molar-refractivity contribution < 1.29 is 35.9 Å². The average Bonchev–Trinajstić information content (AvgIpc) is 2.22. The van der Waals surface area contributed by atoms with Crippen LogP contribution in [0, 0.1) is 0 Å². The highest BCUT2D eigenvalue weighted by Crippen LogP contribution is 2.46. The summed E-state index contributed by atoms with van der Waals surface area (Å²) < 4.78 is 79.8. The highest BCUT2D eigenvalue weighted by atomic mass is 19.4. The van der Waals surface area contributed by atoms with E-state index in [2.05, 4.69) is 4.74 Å². The Hall–Kier alpha value is -0.950. The number of hydrogen-bond acceptors (Lipinski definition) is 2. The maximum Gasteiger partial charge on any atom is 0.428 e. The third-order valence-electron chi connectivity index (χ3n) is 2.41. The molecule has 8 heteroatoms. The van der Waals surface area contributed by atoms with Gasteiger partial charge in [0.2, 0.25) is 0 Å². The Morgan fingerprint density at radius 2 is 1.61 bits per heavy atom. The van der Waals surface area contributed by atoms with Gasteiger partial charge in [-0.2, -0.15) is 13.2 Å². The van der Waals surface area contributed by atoms with Crippen molar-refractivity contribution in [1.29, 1.82) is 0 Å². The van der Waals surface area contributed by atoms with Crippen molar-refractivity contribution >= 4 is 5.97 Å². The van der Waals surface area contributed by atoms with Crippen LogP contribution in [0.15, 0.2) is 0 Å². The van der Waals surface area contributed by atoms with Crippen molar-refractivity contribution in [3.05, 3.63) is 0 Å². The van der Waals surface area contributed by atoms with E-state index in [4.69, 9.17) is 0 Å². The van der Waals surface area contributed by atoms with Gasteiger partial charge in [-0.05, 0) is 13.3 Å². The van der Waals surface area contributed by atoms with Gasteiger partial charge in [-0.25, -0.2) is 13.2 Å². The zero-order chi connectivity index (χ0) is 14.6. The van der Waals surface area contributed by atoms with Gasteiger partial charge in [0.05, 0.1) is 6.61 Å². The number of carbonyl (C=O) groups excluding carboxylic acids is 1. The molecule has 1 atom stereocenters. The number of esters is 1. The number of carbonyl (C=O) groups is 1. The highest BCUT2D eigenvalue weighted by Gasteiger charge is 2.67. The van der Waals surface area contributed by atoms with Gasteiger partial charge in [0, 0.05) is 12.8 Å². The predicted molar refractivity (Wildman–Crippen MR) is 51.0 cm³/mol. The quantitative estimate of drug-likeness (QED) is 0.422. The van der Waals surface area contributed by atoms with E-state index in [0.717, 1.165) is 0 Å². The van der Waals surface area contributed by atoms with Crippen LogP contribution in [0.2, 0.25) is 0 Å². The molecule has 0 radical (unpaired) electrons. The van der Waals surface area contributed by atoms with E-state index in [1.54, 1.807) is 0 Å². The highest BCUT2D eigenvalue weighted by molar-refractivity contribution is 5.68. The molecule has 1 unspecified atom stereocenters. The maximum absolute atomic E-state index is 13.1. The minimum absolute atomic E-state index is 0.0275. The molecule has 0 aromatic rings. The normalized spacial score (nSPS) is 16.2. The van der Waals surface area contributed by atoms with Crippen LogP contribution in [0.1, 0.15) is 33.1 Å². The molecule has 0 spiro atoms. The fourth-order valence-corrected chi connectivity index (χ4v) is 1.02.